The van der Waals surface area contributed by atoms with Crippen LogP contribution >= 0.6 is 0 Å². The van der Waals surface area contributed by atoms with Crippen molar-refractivity contribution < 1.29 is 17.9 Å². The highest BCUT2D eigenvalue weighted by atomic mass is 32.2. The molecule has 2 aromatic rings. The van der Waals surface area contributed by atoms with Gasteiger partial charge in [0.05, 0.1) is 19.1 Å². The SMILES string of the molecule is COc1ccc(NC(=O)CCN(c2c(C)cccc2C)S(C)(=O)=O)cc1. The third-order valence-corrected chi connectivity index (χ3v) is 5.17. The van der Waals surface area contributed by atoms with E-state index in [9.17, 15) is 13.2 Å². The summed E-state index contributed by atoms with van der Waals surface area (Å²) in [5, 5.41) is 2.76. The number of carbonyl (C=O) groups excluding carboxylic acids is 1. The van der Waals surface area contributed by atoms with Crippen LogP contribution in [0.15, 0.2) is 42.5 Å². The Balaban J connectivity index is 2.11. The number of sulfonamides is 1. The number of methoxy groups -OCH3 is 1. The number of ether oxygens (including phenoxy) is 1. The van der Waals surface area contributed by atoms with Crippen LogP contribution in [0.4, 0.5) is 11.4 Å². The molecule has 2 aromatic carbocycles. The molecule has 0 aliphatic rings. The van der Waals surface area contributed by atoms with Crippen LogP contribution in [0.25, 0.3) is 0 Å². The Hall–Kier alpha value is -2.54. The first-order chi connectivity index (χ1) is 12.2. The molecule has 0 atom stereocenters. The molecule has 1 amide bonds. The van der Waals surface area contributed by atoms with Gasteiger partial charge >= 0.3 is 0 Å². The molecular weight excluding hydrogens is 352 g/mol. The van der Waals surface area contributed by atoms with Crippen LogP contribution in [0, 0.1) is 13.8 Å². The topological polar surface area (TPSA) is 75.7 Å². The molecule has 0 aliphatic carbocycles. The van der Waals surface area contributed by atoms with Crippen molar-refractivity contribution in [3.8, 4) is 5.75 Å². The van der Waals surface area contributed by atoms with E-state index in [-0.39, 0.29) is 18.9 Å². The number of rotatable bonds is 7. The molecule has 2 rings (SSSR count). The van der Waals surface area contributed by atoms with Crippen LogP contribution in [0.1, 0.15) is 17.5 Å². The normalized spacial score (nSPS) is 11.1. The minimum atomic E-state index is -3.50. The minimum absolute atomic E-state index is 0.0485. The second kappa shape index (κ2) is 8.23. The Morgan fingerprint density at radius 3 is 2.15 bits per heavy atom. The zero-order valence-electron chi connectivity index (χ0n) is 15.4. The number of amides is 1. The molecule has 0 aromatic heterocycles. The fraction of sp³-hybridized carbons (Fsp3) is 0.316. The van der Waals surface area contributed by atoms with E-state index in [1.807, 2.05) is 32.0 Å². The first-order valence-electron chi connectivity index (χ1n) is 8.20. The molecule has 6 nitrogen and oxygen atoms in total. The maximum absolute atomic E-state index is 12.3. The Bertz CT molecular complexity index is 857. The van der Waals surface area contributed by atoms with Gasteiger partial charge in [0.25, 0.3) is 0 Å². The quantitative estimate of drug-likeness (QED) is 0.806. The van der Waals surface area contributed by atoms with Gasteiger partial charge in [-0.15, -0.1) is 0 Å². The van der Waals surface area contributed by atoms with Gasteiger partial charge in [-0.3, -0.25) is 9.10 Å². The third-order valence-electron chi connectivity index (χ3n) is 4.00. The van der Waals surface area contributed by atoms with Crippen LogP contribution in [-0.4, -0.2) is 34.2 Å². The van der Waals surface area contributed by atoms with Crippen LogP contribution < -0.4 is 14.4 Å². The van der Waals surface area contributed by atoms with Crippen molar-refractivity contribution in [2.75, 3.05) is 29.5 Å². The summed E-state index contributed by atoms with van der Waals surface area (Å²) in [6.45, 7) is 3.79. The average molecular weight is 376 g/mol. The van der Waals surface area contributed by atoms with Gasteiger partial charge in [0.2, 0.25) is 15.9 Å². The van der Waals surface area contributed by atoms with Crippen molar-refractivity contribution in [2.24, 2.45) is 0 Å². The summed E-state index contributed by atoms with van der Waals surface area (Å²) in [5.41, 5.74) is 2.97. The zero-order chi connectivity index (χ0) is 19.3. The summed E-state index contributed by atoms with van der Waals surface area (Å²) in [6.07, 6.45) is 1.20. The Labute approximate surface area is 154 Å². The van der Waals surface area contributed by atoms with Gasteiger partial charge in [-0.1, -0.05) is 18.2 Å². The van der Waals surface area contributed by atoms with Crippen LogP contribution in [0.3, 0.4) is 0 Å². The van der Waals surface area contributed by atoms with Gasteiger partial charge in [0, 0.05) is 18.7 Å². The number of aryl methyl sites for hydroxylation is 2. The summed E-state index contributed by atoms with van der Waals surface area (Å²) in [7, 11) is -1.93. The minimum Gasteiger partial charge on any atom is -0.497 e. The van der Waals surface area contributed by atoms with Crippen molar-refractivity contribution in [3.05, 3.63) is 53.6 Å². The Morgan fingerprint density at radius 1 is 1.08 bits per heavy atom. The van der Waals surface area contributed by atoms with E-state index in [1.165, 1.54) is 4.31 Å². The smallest absolute Gasteiger partial charge is 0.232 e. The number of anilines is 2. The molecule has 0 saturated carbocycles. The van der Waals surface area contributed by atoms with E-state index in [1.54, 1.807) is 31.4 Å². The first kappa shape index (κ1) is 19.8. The summed E-state index contributed by atoms with van der Waals surface area (Å²) in [5.74, 6) is 0.441. The molecule has 0 unspecified atom stereocenters. The van der Waals surface area contributed by atoms with E-state index in [0.717, 1.165) is 17.4 Å². The largest absolute Gasteiger partial charge is 0.497 e. The second-order valence-electron chi connectivity index (χ2n) is 6.10. The van der Waals surface area contributed by atoms with Crippen molar-refractivity contribution in [2.45, 2.75) is 20.3 Å². The average Bonchev–Trinajstić information content (AvgIpc) is 2.57. The van der Waals surface area contributed by atoms with Crippen molar-refractivity contribution >= 4 is 27.3 Å². The number of benzene rings is 2. The number of hydrogen-bond donors (Lipinski definition) is 1. The maximum atomic E-state index is 12.3. The molecule has 140 valence electrons. The summed E-state index contributed by atoms with van der Waals surface area (Å²) in [6, 6.07) is 12.6. The molecule has 0 aliphatic heterocycles. The predicted molar refractivity (Wildman–Crippen MR) is 104 cm³/mol. The van der Waals surface area contributed by atoms with E-state index >= 15 is 0 Å². The van der Waals surface area contributed by atoms with E-state index in [4.69, 9.17) is 4.74 Å². The summed E-state index contributed by atoms with van der Waals surface area (Å²) >= 11 is 0. The Morgan fingerprint density at radius 2 is 1.65 bits per heavy atom. The molecule has 0 heterocycles. The van der Waals surface area contributed by atoms with Gasteiger partial charge in [-0.25, -0.2) is 8.42 Å². The number of hydrogen-bond acceptors (Lipinski definition) is 4. The highest BCUT2D eigenvalue weighted by Crippen LogP contribution is 2.27. The van der Waals surface area contributed by atoms with Gasteiger partial charge in [0.1, 0.15) is 5.75 Å². The monoisotopic (exact) mass is 376 g/mol. The summed E-state index contributed by atoms with van der Waals surface area (Å²) < 4.78 is 30.9. The lowest BCUT2D eigenvalue weighted by Gasteiger charge is -2.25. The van der Waals surface area contributed by atoms with Gasteiger partial charge in [-0.2, -0.15) is 0 Å². The second-order valence-corrected chi connectivity index (χ2v) is 8.01. The standard InChI is InChI=1S/C19H24N2O4S/c1-14-6-5-7-15(2)19(14)21(26(4,23)24)13-12-18(22)20-16-8-10-17(25-3)11-9-16/h5-11H,12-13H2,1-4H3,(H,20,22). The molecule has 0 fully saturated rings. The van der Waals surface area contributed by atoms with E-state index < -0.39 is 10.0 Å². The molecule has 26 heavy (non-hydrogen) atoms. The molecule has 0 bridgehead atoms. The molecule has 0 radical (unpaired) electrons. The van der Waals surface area contributed by atoms with Gasteiger partial charge in [-0.05, 0) is 49.2 Å². The predicted octanol–water partition coefficient (Wildman–Crippen LogP) is 3.11. The maximum Gasteiger partial charge on any atom is 0.232 e. The van der Waals surface area contributed by atoms with Crippen molar-refractivity contribution in [3.63, 3.8) is 0 Å². The Kier molecular flexibility index (Phi) is 6.26. The fourth-order valence-corrected chi connectivity index (χ4v) is 3.79. The number of carbonyl (C=O) groups is 1. The lowest BCUT2D eigenvalue weighted by molar-refractivity contribution is -0.116. The lowest BCUT2D eigenvalue weighted by atomic mass is 10.1. The highest BCUT2D eigenvalue weighted by Gasteiger charge is 2.21. The lowest BCUT2D eigenvalue weighted by Crippen LogP contribution is -2.34. The highest BCUT2D eigenvalue weighted by molar-refractivity contribution is 7.92. The van der Waals surface area contributed by atoms with E-state index in [0.29, 0.717) is 17.1 Å². The zero-order valence-corrected chi connectivity index (χ0v) is 16.3. The number of nitrogens with zero attached hydrogens (tertiary/aromatic N) is 1. The van der Waals surface area contributed by atoms with Gasteiger partial charge < -0.3 is 10.1 Å². The van der Waals surface area contributed by atoms with Gasteiger partial charge in [0.15, 0.2) is 0 Å². The number of nitrogens with one attached hydrogen (secondary N) is 1. The van der Waals surface area contributed by atoms with Crippen molar-refractivity contribution in [1.82, 2.24) is 0 Å². The molecular formula is C19H24N2O4S. The number of para-hydroxylation sites is 1. The molecule has 0 saturated heterocycles. The fourth-order valence-electron chi connectivity index (χ4n) is 2.74. The van der Waals surface area contributed by atoms with Crippen LogP contribution in [-0.2, 0) is 14.8 Å². The third kappa shape index (κ3) is 4.98. The molecule has 1 N–H and O–H groups in total. The molecule has 0 spiro atoms. The van der Waals surface area contributed by atoms with Crippen LogP contribution in [0.2, 0.25) is 0 Å². The first-order valence-corrected chi connectivity index (χ1v) is 10.0. The van der Waals surface area contributed by atoms with Crippen molar-refractivity contribution in [1.29, 1.82) is 0 Å². The molecule has 7 heteroatoms. The van der Waals surface area contributed by atoms with Crippen LogP contribution in [0.5, 0.6) is 5.75 Å². The summed E-state index contributed by atoms with van der Waals surface area (Å²) in [4.78, 5) is 12.2. The van der Waals surface area contributed by atoms with E-state index in [2.05, 4.69) is 5.32 Å².